The number of aromatic nitrogens is 1. The number of carbonyl (C=O) groups is 1. The van der Waals surface area contributed by atoms with E-state index in [-0.39, 0.29) is 11.5 Å². The number of carbonyl (C=O) groups excluding carboxylic acids is 1. The fourth-order valence-corrected chi connectivity index (χ4v) is 3.48. The zero-order valence-corrected chi connectivity index (χ0v) is 12.2. The van der Waals surface area contributed by atoms with Gasteiger partial charge in [-0.3, -0.25) is 4.79 Å². The zero-order valence-electron chi connectivity index (χ0n) is 11.4. The Morgan fingerprint density at radius 3 is 3.05 bits per heavy atom. The molecule has 3 heterocycles. The van der Waals surface area contributed by atoms with E-state index in [1.807, 2.05) is 10.3 Å². The number of ether oxygens (including phenoxy) is 1. The first kappa shape index (κ1) is 13.8. The van der Waals surface area contributed by atoms with Gasteiger partial charge in [0.05, 0.1) is 24.3 Å². The van der Waals surface area contributed by atoms with Crippen LogP contribution in [0.3, 0.4) is 0 Å². The van der Waals surface area contributed by atoms with E-state index in [2.05, 4.69) is 10.3 Å². The van der Waals surface area contributed by atoms with Crippen molar-refractivity contribution in [1.82, 2.24) is 15.2 Å². The average Bonchev–Trinajstić information content (AvgIpc) is 2.85. The summed E-state index contributed by atoms with van der Waals surface area (Å²) in [6, 6.07) is 0. The number of hydrogen-bond acceptors (Lipinski definition) is 6. The van der Waals surface area contributed by atoms with Gasteiger partial charge in [0, 0.05) is 18.5 Å². The highest BCUT2D eigenvalue weighted by Gasteiger charge is 2.39. The van der Waals surface area contributed by atoms with Crippen LogP contribution in [0.1, 0.15) is 18.5 Å². The summed E-state index contributed by atoms with van der Waals surface area (Å²) in [5, 5.41) is 5.71. The molecule has 3 rings (SSSR count). The first-order valence-electron chi connectivity index (χ1n) is 6.99. The fraction of sp³-hybridized carbons (Fsp3) is 0.692. The molecule has 20 heavy (non-hydrogen) atoms. The van der Waals surface area contributed by atoms with Crippen LogP contribution in [0.5, 0.6) is 0 Å². The minimum atomic E-state index is -0.139. The number of thiazole rings is 1. The van der Waals surface area contributed by atoms with E-state index in [1.54, 1.807) is 0 Å². The number of hydrogen-bond donors (Lipinski definition) is 2. The molecule has 2 aliphatic heterocycles. The van der Waals surface area contributed by atoms with Gasteiger partial charge in [-0.05, 0) is 25.9 Å². The summed E-state index contributed by atoms with van der Waals surface area (Å²) in [4.78, 5) is 18.5. The second-order valence-electron chi connectivity index (χ2n) is 5.45. The molecule has 6 nitrogen and oxygen atoms in total. The van der Waals surface area contributed by atoms with Gasteiger partial charge in [0.2, 0.25) is 5.91 Å². The summed E-state index contributed by atoms with van der Waals surface area (Å²) in [5.74, 6) is 0.122. The van der Waals surface area contributed by atoms with Crippen LogP contribution >= 0.6 is 11.3 Å². The molecule has 0 atom stereocenters. The molecule has 2 fully saturated rings. The number of nitrogen functional groups attached to an aromatic ring is 1. The molecule has 0 saturated carbocycles. The van der Waals surface area contributed by atoms with E-state index in [9.17, 15) is 4.79 Å². The third kappa shape index (κ3) is 2.94. The van der Waals surface area contributed by atoms with Gasteiger partial charge in [0.1, 0.15) is 0 Å². The molecule has 1 spiro atoms. The number of piperidine rings is 1. The molecule has 7 heteroatoms. The van der Waals surface area contributed by atoms with Gasteiger partial charge >= 0.3 is 0 Å². The largest absolute Gasteiger partial charge is 0.375 e. The lowest BCUT2D eigenvalue weighted by atomic mass is 9.90. The lowest BCUT2D eigenvalue weighted by molar-refractivity contribution is -0.154. The van der Waals surface area contributed by atoms with E-state index in [1.165, 1.54) is 11.3 Å². The van der Waals surface area contributed by atoms with Gasteiger partial charge in [0.15, 0.2) is 5.13 Å². The Hall–Kier alpha value is -1.18. The van der Waals surface area contributed by atoms with Crippen LogP contribution in [0, 0.1) is 0 Å². The normalized spacial score (nSPS) is 22.1. The second kappa shape index (κ2) is 5.67. The van der Waals surface area contributed by atoms with Crippen molar-refractivity contribution < 1.29 is 9.53 Å². The Morgan fingerprint density at radius 2 is 2.35 bits per heavy atom. The Kier molecular flexibility index (Phi) is 3.91. The Labute approximate surface area is 122 Å². The molecule has 0 bridgehead atoms. The van der Waals surface area contributed by atoms with Crippen molar-refractivity contribution in [2.75, 3.05) is 38.5 Å². The molecule has 2 saturated heterocycles. The van der Waals surface area contributed by atoms with Gasteiger partial charge in [-0.15, -0.1) is 11.3 Å². The minimum absolute atomic E-state index is 0.122. The summed E-state index contributed by atoms with van der Waals surface area (Å²) in [5.41, 5.74) is 6.23. The van der Waals surface area contributed by atoms with Crippen LogP contribution in [0.2, 0.25) is 0 Å². The number of anilines is 1. The van der Waals surface area contributed by atoms with Crippen LogP contribution in [-0.4, -0.2) is 54.2 Å². The Balaban J connectivity index is 1.62. The number of nitrogens with zero attached hydrogens (tertiary/aromatic N) is 2. The van der Waals surface area contributed by atoms with Crippen LogP contribution < -0.4 is 11.1 Å². The molecule has 1 aromatic heterocycles. The number of amides is 1. The van der Waals surface area contributed by atoms with Crippen LogP contribution in [0.25, 0.3) is 0 Å². The predicted molar refractivity (Wildman–Crippen MR) is 77.6 cm³/mol. The topological polar surface area (TPSA) is 80.5 Å². The smallest absolute Gasteiger partial charge is 0.228 e. The minimum Gasteiger partial charge on any atom is -0.375 e. The molecule has 3 N–H and O–H groups in total. The quantitative estimate of drug-likeness (QED) is 0.817. The molecule has 0 unspecified atom stereocenters. The number of rotatable bonds is 2. The Bertz CT molecular complexity index is 479. The summed E-state index contributed by atoms with van der Waals surface area (Å²) >= 11 is 1.38. The third-order valence-corrected chi connectivity index (χ3v) is 4.74. The molecule has 0 radical (unpaired) electrons. The fourth-order valence-electron chi connectivity index (χ4n) is 2.91. The second-order valence-corrected chi connectivity index (χ2v) is 6.34. The van der Waals surface area contributed by atoms with E-state index >= 15 is 0 Å². The van der Waals surface area contributed by atoms with E-state index < -0.39 is 0 Å². The standard InChI is InChI=1S/C13H20N4O2S/c14-12-16-10(8-20-12)7-11(18)17-5-6-19-13(9-17)1-3-15-4-2-13/h8,15H,1-7,9H2,(H2,14,16). The molecule has 0 aromatic carbocycles. The summed E-state index contributed by atoms with van der Waals surface area (Å²) in [6.45, 7) is 3.93. The molecule has 110 valence electrons. The molecule has 0 aliphatic carbocycles. The van der Waals surface area contributed by atoms with Gasteiger partial charge in [-0.25, -0.2) is 4.98 Å². The van der Waals surface area contributed by atoms with Gasteiger partial charge in [-0.1, -0.05) is 0 Å². The number of nitrogens with one attached hydrogen (secondary N) is 1. The highest BCUT2D eigenvalue weighted by atomic mass is 32.1. The monoisotopic (exact) mass is 296 g/mol. The predicted octanol–water partition coefficient (Wildman–Crippen LogP) is 0.249. The molecule has 1 amide bonds. The first-order chi connectivity index (χ1) is 9.67. The van der Waals surface area contributed by atoms with Gasteiger partial charge in [0.25, 0.3) is 0 Å². The van der Waals surface area contributed by atoms with Crippen molar-refractivity contribution in [3.8, 4) is 0 Å². The van der Waals surface area contributed by atoms with E-state index in [0.29, 0.717) is 31.2 Å². The van der Waals surface area contributed by atoms with Crippen molar-refractivity contribution in [3.05, 3.63) is 11.1 Å². The summed E-state index contributed by atoms with van der Waals surface area (Å²) in [6.07, 6.45) is 2.28. The maximum absolute atomic E-state index is 12.4. The third-order valence-electron chi connectivity index (χ3n) is 4.02. The number of morpholine rings is 1. The maximum Gasteiger partial charge on any atom is 0.228 e. The van der Waals surface area contributed by atoms with Crippen molar-refractivity contribution in [2.24, 2.45) is 0 Å². The lowest BCUT2D eigenvalue weighted by Gasteiger charge is -2.45. The highest BCUT2D eigenvalue weighted by molar-refractivity contribution is 7.13. The number of nitrogens with two attached hydrogens (primary N) is 1. The SMILES string of the molecule is Nc1nc(CC(=O)N2CCOC3(CCNCC3)C2)cs1. The average molecular weight is 296 g/mol. The van der Waals surface area contributed by atoms with Gasteiger partial charge < -0.3 is 20.7 Å². The molecular formula is C13H20N4O2S. The van der Waals surface area contributed by atoms with Crippen LogP contribution in [0.4, 0.5) is 5.13 Å². The van der Waals surface area contributed by atoms with Crippen molar-refractivity contribution in [1.29, 1.82) is 0 Å². The zero-order chi connectivity index (χ0) is 14.0. The van der Waals surface area contributed by atoms with E-state index in [4.69, 9.17) is 10.5 Å². The highest BCUT2D eigenvalue weighted by Crippen LogP contribution is 2.27. The van der Waals surface area contributed by atoms with E-state index in [0.717, 1.165) is 31.6 Å². The van der Waals surface area contributed by atoms with Crippen LogP contribution in [-0.2, 0) is 16.0 Å². The van der Waals surface area contributed by atoms with Crippen molar-refractivity contribution in [2.45, 2.75) is 24.9 Å². The van der Waals surface area contributed by atoms with Crippen molar-refractivity contribution in [3.63, 3.8) is 0 Å². The maximum atomic E-state index is 12.4. The molecule has 1 aromatic rings. The molecular weight excluding hydrogens is 276 g/mol. The Morgan fingerprint density at radius 1 is 1.55 bits per heavy atom. The summed E-state index contributed by atoms with van der Waals surface area (Å²) in [7, 11) is 0. The first-order valence-corrected chi connectivity index (χ1v) is 7.87. The molecule has 2 aliphatic rings. The van der Waals surface area contributed by atoms with Crippen LogP contribution in [0.15, 0.2) is 5.38 Å². The summed E-state index contributed by atoms with van der Waals surface area (Å²) < 4.78 is 5.97. The van der Waals surface area contributed by atoms with Gasteiger partial charge in [-0.2, -0.15) is 0 Å². The lowest BCUT2D eigenvalue weighted by Crippen LogP contribution is -2.57. The van der Waals surface area contributed by atoms with Crippen molar-refractivity contribution >= 4 is 22.4 Å².